The summed E-state index contributed by atoms with van der Waals surface area (Å²) in [5, 5.41) is 10.3. The monoisotopic (exact) mass is 372 g/mol. The molecule has 2 atom stereocenters. The first-order valence-corrected chi connectivity index (χ1v) is 10.1. The van der Waals surface area contributed by atoms with Crippen molar-refractivity contribution in [3.8, 4) is 0 Å². The van der Waals surface area contributed by atoms with Crippen LogP contribution in [-0.4, -0.2) is 100 Å². The van der Waals surface area contributed by atoms with Crippen molar-refractivity contribution in [3.63, 3.8) is 0 Å². The first-order chi connectivity index (χ1) is 13.1. The third kappa shape index (κ3) is 3.06. The van der Waals surface area contributed by atoms with E-state index in [1.165, 1.54) is 0 Å². The third-order valence-electron chi connectivity index (χ3n) is 6.82. The summed E-state index contributed by atoms with van der Waals surface area (Å²) < 4.78 is 5.51. The van der Waals surface area contributed by atoms with E-state index in [1.807, 2.05) is 17.0 Å². The topological polar surface area (TPSA) is 69.1 Å². The minimum atomic E-state index is -0.280. The molecule has 1 amide bonds. The summed E-state index contributed by atoms with van der Waals surface area (Å²) in [6.45, 7) is 5.85. The Kier molecular flexibility index (Phi) is 4.43. The molecule has 1 spiro atoms. The number of fused-ring (bicyclic) bond motifs is 2. The number of nitrogens with zero attached hydrogens (tertiary/aromatic N) is 4. The number of piperazine rings is 1. The summed E-state index contributed by atoms with van der Waals surface area (Å²) in [5.41, 5.74) is 0.636. The zero-order chi connectivity index (χ0) is 18.4. The number of carbonyl (C=O) groups is 1. The first-order valence-electron chi connectivity index (χ1n) is 10.1. The van der Waals surface area contributed by atoms with Gasteiger partial charge in [0.25, 0.3) is 5.91 Å². The van der Waals surface area contributed by atoms with Gasteiger partial charge in [0.15, 0.2) is 0 Å². The van der Waals surface area contributed by atoms with Crippen molar-refractivity contribution in [1.82, 2.24) is 19.7 Å². The maximum atomic E-state index is 13.1. The van der Waals surface area contributed by atoms with Gasteiger partial charge in [0.2, 0.25) is 0 Å². The van der Waals surface area contributed by atoms with Crippen molar-refractivity contribution in [2.24, 2.45) is 0 Å². The number of hydrogen-bond acceptors (Lipinski definition) is 6. The standard InChI is InChI=1S/C20H28N4O3/c25-18-8-17-10-22(19(26)15-2-1-5-21-9-15)12-20(24(17)11-18)13-23(14-20)16-3-6-27-7-4-16/h1-2,5,9,16-18,25H,3-4,6-8,10-14H2/t17-,18+/m0/s1. The van der Waals surface area contributed by atoms with Crippen LogP contribution >= 0.6 is 0 Å². The molecule has 146 valence electrons. The molecule has 4 fully saturated rings. The van der Waals surface area contributed by atoms with E-state index in [0.29, 0.717) is 18.2 Å². The second kappa shape index (κ2) is 6.81. The lowest BCUT2D eigenvalue weighted by Gasteiger charge is -2.62. The zero-order valence-corrected chi connectivity index (χ0v) is 15.7. The first kappa shape index (κ1) is 17.6. The molecule has 5 rings (SSSR count). The lowest BCUT2D eigenvalue weighted by Crippen LogP contribution is -2.79. The fourth-order valence-corrected chi connectivity index (χ4v) is 5.54. The van der Waals surface area contributed by atoms with Crippen LogP contribution in [0.4, 0.5) is 0 Å². The molecule has 0 aromatic carbocycles. The molecule has 5 heterocycles. The number of likely N-dealkylation sites (tertiary alicyclic amines) is 1. The Labute approximate surface area is 159 Å². The maximum absolute atomic E-state index is 13.1. The van der Waals surface area contributed by atoms with E-state index in [9.17, 15) is 9.90 Å². The highest BCUT2D eigenvalue weighted by Gasteiger charge is 2.57. The number of carbonyl (C=O) groups excluding carboxylic acids is 1. The number of amides is 1. The zero-order valence-electron chi connectivity index (χ0n) is 15.7. The van der Waals surface area contributed by atoms with Gasteiger partial charge in [-0.25, -0.2) is 0 Å². The van der Waals surface area contributed by atoms with Crippen LogP contribution < -0.4 is 0 Å². The van der Waals surface area contributed by atoms with Gasteiger partial charge < -0.3 is 14.7 Å². The van der Waals surface area contributed by atoms with Crippen LogP contribution in [0.5, 0.6) is 0 Å². The minimum absolute atomic E-state index is 0.0173. The van der Waals surface area contributed by atoms with Crippen LogP contribution in [0.25, 0.3) is 0 Å². The molecule has 4 aliphatic heterocycles. The van der Waals surface area contributed by atoms with Gasteiger partial charge in [0.1, 0.15) is 0 Å². The van der Waals surface area contributed by atoms with Gasteiger partial charge in [-0.05, 0) is 31.4 Å². The van der Waals surface area contributed by atoms with Gasteiger partial charge in [-0.2, -0.15) is 0 Å². The summed E-state index contributed by atoms with van der Waals surface area (Å²) in [5.74, 6) is 0.0630. The van der Waals surface area contributed by atoms with E-state index in [1.54, 1.807) is 12.4 Å². The van der Waals surface area contributed by atoms with Gasteiger partial charge in [0, 0.05) is 70.4 Å². The second-order valence-electron chi connectivity index (χ2n) is 8.60. The number of hydrogen-bond donors (Lipinski definition) is 1. The highest BCUT2D eigenvalue weighted by molar-refractivity contribution is 5.94. The lowest BCUT2D eigenvalue weighted by atomic mass is 9.81. The summed E-state index contributed by atoms with van der Waals surface area (Å²) in [7, 11) is 0. The fourth-order valence-electron chi connectivity index (χ4n) is 5.54. The molecule has 0 bridgehead atoms. The molecule has 0 aliphatic carbocycles. The van der Waals surface area contributed by atoms with Gasteiger partial charge in [0.05, 0.1) is 17.2 Å². The van der Waals surface area contributed by atoms with Gasteiger partial charge in [-0.3, -0.25) is 19.6 Å². The summed E-state index contributed by atoms with van der Waals surface area (Å²) in [6, 6.07) is 4.51. The molecule has 7 heteroatoms. The van der Waals surface area contributed by atoms with Crippen LogP contribution in [0.3, 0.4) is 0 Å². The van der Waals surface area contributed by atoms with Crippen molar-refractivity contribution >= 4 is 5.91 Å². The van der Waals surface area contributed by atoms with E-state index in [2.05, 4.69) is 14.8 Å². The lowest BCUT2D eigenvalue weighted by molar-refractivity contribution is -0.129. The molecule has 0 saturated carbocycles. The highest BCUT2D eigenvalue weighted by atomic mass is 16.5. The Bertz CT molecular complexity index is 688. The van der Waals surface area contributed by atoms with Crippen molar-refractivity contribution in [2.75, 3.05) is 45.9 Å². The van der Waals surface area contributed by atoms with E-state index in [0.717, 1.165) is 58.7 Å². The van der Waals surface area contributed by atoms with E-state index < -0.39 is 0 Å². The average molecular weight is 372 g/mol. The number of ether oxygens (including phenoxy) is 1. The van der Waals surface area contributed by atoms with Gasteiger partial charge >= 0.3 is 0 Å². The summed E-state index contributed by atoms with van der Waals surface area (Å²) >= 11 is 0. The van der Waals surface area contributed by atoms with Crippen LogP contribution in [0.1, 0.15) is 29.6 Å². The molecule has 4 saturated heterocycles. The molecular formula is C20H28N4O3. The molecule has 1 aromatic heterocycles. The second-order valence-corrected chi connectivity index (χ2v) is 8.60. The van der Waals surface area contributed by atoms with Crippen LogP contribution in [-0.2, 0) is 4.74 Å². The number of pyridine rings is 1. The van der Waals surface area contributed by atoms with Gasteiger partial charge in [-0.1, -0.05) is 0 Å². The van der Waals surface area contributed by atoms with Crippen molar-refractivity contribution in [2.45, 2.75) is 43.0 Å². The SMILES string of the molecule is O=C(c1cccnc1)N1C[C@@H]2C[C@@H](O)CN2C2(C1)CN(C1CCOCC1)C2. The van der Waals surface area contributed by atoms with Crippen molar-refractivity contribution in [1.29, 1.82) is 0 Å². The van der Waals surface area contributed by atoms with Crippen molar-refractivity contribution < 1.29 is 14.6 Å². The van der Waals surface area contributed by atoms with Crippen LogP contribution in [0.2, 0.25) is 0 Å². The smallest absolute Gasteiger partial charge is 0.255 e. The fraction of sp³-hybridized carbons (Fsp3) is 0.700. The van der Waals surface area contributed by atoms with E-state index in [-0.39, 0.29) is 23.6 Å². The highest BCUT2D eigenvalue weighted by Crippen LogP contribution is 2.41. The Balaban J connectivity index is 1.35. The summed E-state index contributed by atoms with van der Waals surface area (Å²) in [4.78, 5) is 24.2. The van der Waals surface area contributed by atoms with Crippen molar-refractivity contribution in [3.05, 3.63) is 30.1 Å². The molecule has 1 N–H and O–H groups in total. The molecule has 7 nitrogen and oxygen atoms in total. The maximum Gasteiger partial charge on any atom is 0.255 e. The molecule has 4 aliphatic rings. The molecule has 0 unspecified atom stereocenters. The normalized spacial score (nSPS) is 31.7. The number of aliphatic hydroxyl groups is 1. The van der Waals surface area contributed by atoms with Crippen LogP contribution in [0.15, 0.2) is 24.5 Å². The predicted molar refractivity (Wildman–Crippen MR) is 99.4 cm³/mol. The Hall–Kier alpha value is -1.54. The predicted octanol–water partition coefficient (Wildman–Crippen LogP) is 0.206. The quantitative estimate of drug-likeness (QED) is 0.800. The minimum Gasteiger partial charge on any atom is -0.392 e. The van der Waals surface area contributed by atoms with Gasteiger partial charge in [-0.15, -0.1) is 0 Å². The largest absolute Gasteiger partial charge is 0.392 e. The number of aromatic nitrogens is 1. The van der Waals surface area contributed by atoms with E-state index >= 15 is 0 Å². The molecule has 1 aromatic rings. The Morgan fingerprint density at radius 2 is 2.00 bits per heavy atom. The molecule has 27 heavy (non-hydrogen) atoms. The molecular weight excluding hydrogens is 344 g/mol. The average Bonchev–Trinajstić information content (AvgIpc) is 3.06. The Morgan fingerprint density at radius 3 is 2.74 bits per heavy atom. The summed E-state index contributed by atoms with van der Waals surface area (Å²) in [6.07, 6.45) is 6.02. The Morgan fingerprint density at radius 1 is 1.19 bits per heavy atom. The third-order valence-corrected chi connectivity index (χ3v) is 6.82. The van der Waals surface area contributed by atoms with E-state index in [4.69, 9.17) is 4.74 Å². The number of β-amino-alcohol motifs (C(OH)–C–C–N with tert-alkyl or cyclic N) is 1. The number of rotatable bonds is 2. The number of aliphatic hydroxyl groups excluding tert-OH is 1. The molecule has 0 radical (unpaired) electrons. The van der Waals surface area contributed by atoms with Crippen LogP contribution in [0, 0.1) is 0 Å².